The van der Waals surface area contributed by atoms with Crippen LogP contribution in [0, 0.1) is 0 Å². The molecule has 1 heterocycles. The monoisotopic (exact) mass is 263 g/mol. The van der Waals surface area contributed by atoms with Gasteiger partial charge in [-0.25, -0.2) is 4.79 Å². The summed E-state index contributed by atoms with van der Waals surface area (Å²) < 4.78 is 9.31. The van der Waals surface area contributed by atoms with Gasteiger partial charge < -0.3 is 9.47 Å². The second-order valence-electron chi connectivity index (χ2n) is 3.84. The Morgan fingerprint density at radius 3 is 2.21 bits per heavy atom. The lowest BCUT2D eigenvalue weighted by atomic mass is 10.1. The highest BCUT2D eigenvalue weighted by Gasteiger charge is 2.34. The van der Waals surface area contributed by atoms with Crippen molar-refractivity contribution in [2.24, 2.45) is 0 Å². The van der Waals surface area contributed by atoms with Gasteiger partial charge in [-0.15, -0.1) is 0 Å². The highest BCUT2D eigenvalue weighted by molar-refractivity contribution is 6.21. The van der Waals surface area contributed by atoms with Crippen LogP contribution < -0.4 is 0 Å². The predicted octanol–water partition coefficient (Wildman–Crippen LogP) is 1.46. The highest BCUT2D eigenvalue weighted by atomic mass is 16.7. The fourth-order valence-corrected chi connectivity index (χ4v) is 1.82. The van der Waals surface area contributed by atoms with Crippen LogP contribution in [-0.2, 0) is 9.47 Å². The normalized spacial score (nSPS) is 13.4. The molecule has 2 amide bonds. The van der Waals surface area contributed by atoms with E-state index in [1.165, 1.54) is 0 Å². The van der Waals surface area contributed by atoms with Crippen LogP contribution in [0.25, 0.3) is 0 Å². The first-order valence-electron chi connectivity index (χ1n) is 5.90. The van der Waals surface area contributed by atoms with Gasteiger partial charge in [0.2, 0.25) is 0 Å². The van der Waals surface area contributed by atoms with Crippen molar-refractivity contribution in [2.45, 2.75) is 6.92 Å². The van der Waals surface area contributed by atoms with Gasteiger partial charge in [0.1, 0.15) is 6.61 Å². The standard InChI is InChI=1S/C13H13NO5/c1-2-18-13(17)19-8-7-14-11(15)9-5-3-4-6-10(9)12(14)16/h3-6H,2,7-8H2,1H3. The number of nitrogens with zero attached hydrogens (tertiary/aromatic N) is 1. The Hall–Kier alpha value is -2.37. The molecule has 100 valence electrons. The number of carbonyl (C=O) groups excluding carboxylic acids is 3. The minimum absolute atomic E-state index is 0.0190. The number of imide groups is 1. The third-order valence-electron chi connectivity index (χ3n) is 2.68. The van der Waals surface area contributed by atoms with E-state index < -0.39 is 6.16 Å². The van der Waals surface area contributed by atoms with Crippen LogP contribution >= 0.6 is 0 Å². The van der Waals surface area contributed by atoms with Crippen molar-refractivity contribution in [3.05, 3.63) is 35.4 Å². The van der Waals surface area contributed by atoms with E-state index in [1.807, 2.05) is 0 Å². The van der Waals surface area contributed by atoms with Crippen molar-refractivity contribution in [3.63, 3.8) is 0 Å². The van der Waals surface area contributed by atoms with Crippen molar-refractivity contribution in [2.75, 3.05) is 19.8 Å². The van der Waals surface area contributed by atoms with E-state index in [2.05, 4.69) is 4.74 Å². The zero-order valence-corrected chi connectivity index (χ0v) is 10.4. The molecule has 1 aliphatic heterocycles. The van der Waals surface area contributed by atoms with Crippen LogP contribution in [0.5, 0.6) is 0 Å². The van der Waals surface area contributed by atoms with Gasteiger partial charge in [0.25, 0.3) is 11.8 Å². The van der Waals surface area contributed by atoms with E-state index in [9.17, 15) is 14.4 Å². The first-order valence-corrected chi connectivity index (χ1v) is 5.90. The maximum atomic E-state index is 11.9. The molecular weight excluding hydrogens is 250 g/mol. The van der Waals surface area contributed by atoms with Crippen molar-refractivity contribution in [3.8, 4) is 0 Å². The van der Waals surface area contributed by atoms with Gasteiger partial charge in [-0.1, -0.05) is 12.1 Å². The molecule has 0 atom stereocenters. The molecule has 0 aliphatic carbocycles. The molecule has 0 spiro atoms. The molecule has 0 fully saturated rings. The van der Waals surface area contributed by atoms with Crippen molar-refractivity contribution in [1.82, 2.24) is 4.90 Å². The third-order valence-corrected chi connectivity index (χ3v) is 2.68. The Morgan fingerprint density at radius 1 is 1.11 bits per heavy atom. The Morgan fingerprint density at radius 2 is 1.68 bits per heavy atom. The molecule has 1 aromatic carbocycles. The van der Waals surface area contributed by atoms with E-state index in [4.69, 9.17) is 4.74 Å². The van der Waals surface area contributed by atoms with Gasteiger partial charge in [0, 0.05) is 0 Å². The minimum Gasteiger partial charge on any atom is -0.435 e. The number of hydrogen-bond acceptors (Lipinski definition) is 5. The summed E-state index contributed by atoms with van der Waals surface area (Å²) in [4.78, 5) is 35.9. The minimum atomic E-state index is -0.806. The molecule has 0 saturated heterocycles. The number of hydrogen-bond donors (Lipinski definition) is 0. The lowest BCUT2D eigenvalue weighted by molar-refractivity contribution is 0.0439. The maximum absolute atomic E-state index is 11.9. The Labute approximate surface area is 109 Å². The van der Waals surface area contributed by atoms with Crippen molar-refractivity contribution in [1.29, 1.82) is 0 Å². The van der Waals surface area contributed by atoms with Crippen LogP contribution in [0.2, 0.25) is 0 Å². The zero-order valence-electron chi connectivity index (χ0n) is 10.4. The third kappa shape index (κ3) is 2.57. The summed E-state index contributed by atoms with van der Waals surface area (Å²) in [5.41, 5.74) is 0.757. The second kappa shape index (κ2) is 5.51. The summed E-state index contributed by atoms with van der Waals surface area (Å²) in [6.45, 7) is 1.81. The van der Waals surface area contributed by atoms with E-state index in [-0.39, 0.29) is 31.6 Å². The van der Waals surface area contributed by atoms with Crippen LogP contribution in [-0.4, -0.2) is 42.6 Å². The fourth-order valence-electron chi connectivity index (χ4n) is 1.82. The summed E-state index contributed by atoms with van der Waals surface area (Å²) in [5.74, 6) is -0.735. The molecule has 19 heavy (non-hydrogen) atoms. The van der Waals surface area contributed by atoms with Gasteiger partial charge in [0.05, 0.1) is 24.3 Å². The molecule has 6 nitrogen and oxygen atoms in total. The van der Waals surface area contributed by atoms with Gasteiger partial charge in [0.15, 0.2) is 0 Å². The zero-order chi connectivity index (χ0) is 13.8. The number of carbonyl (C=O) groups is 3. The molecule has 0 saturated carbocycles. The van der Waals surface area contributed by atoms with Crippen LogP contribution in [0.15, 0.2) is 24.3 Å². The smallest absolute Gasteiger partial charge is 0.435 e. The lowest BCUT2D eigenvalue weighted by Crippen LogP contribution is -2.33. The SMILES string of the molecule is CCOC(=O)OCCN1C(=O)c2ccccc2C1=O. The summed E-state index contributed by atoms with van der Waals surface area (Å²) in [7, 11) is 0. The number of benzene rings is 1. The number of rotatable bonds is 4. The van der Waals surface area contributed by atoms with Gasteiger partial charge >= 0.3 is 6.16 Å². The van der Waals surface area contributed by atoms with Crippen LogP contribution in [0.3, 0.4) is 0 Å². The molecule has 0 bridgehead atoms. The average Bonchev–Trinajstić information content (AvgIpc) is 2.65. The quantitative estimate of drug-likeness (QED) is 0.607. The number of amides is 2. The molecule has 1 aromatic rings. The maximum Gasteiger partial charge on any atom is 0.508 e. The second-order valence-corrected chi connectivity index (χ2v) is 3.84. The van der Waals surface area contributed by atoms with Gasteiger partial charge in [-0.2, -0.15) is 0 Å². The van der Waals surface area contributed by atoms with E-state index in [0.29, 0.717) is 11.1 Å². The molecule has 0 radical (unpaired) electrons. The summed E-state index contributed by atoms with van der Waals surface area (Å²) in [6.07, 6.45) is -0.806. The van der Waals surface area contributed by atoms with Crippen LogP contribution in [0.1, 0.15) is 27.6 Å². The molecule has 2 rings (SSSR count). The summed E-state index contributed by atoms with van der Waals surface area (Å²) in [6, 6.07) is 6.59. The molecule has 0 unspecified atom stereocenters. The number of ether oxygens (including phenoxy) is 2. The first-order chi connectivity index (χ1) is 9.15. The van der Waals surface area contributed by atoms with E-state index >= 15 is 0 Å². The average molecular weight is 263 g/mol. The van der Waals surface area contributed by atoms with Crippen LogP contribution in [0.4, 0.5) is 4.79 Å². The molecule has 6 heteroatoms. The van der Waals surface area contributed by atoms with E-state index in [1.54, 1.807) is 31.2 Å². The predicted molar refractivity (Wildman–Crippen MR) is 64.8 cm³/mol. The van der Waals surface area contributed by atoms with Gasteiger partial charge in [-0.05, 0) is 19.1 Å². The van der Waals surface area contributed by atoms with Gasteiger partial charge in [-0.3, -0.25) is 14.5 Å². The Kier molecular flexibility index (Phi) is 3.79. The summed E-state index contributed by atoms with van der Waals surface area (Å²) in [5, 5.41) is 0. The van der Waals surface area contributed by atoms with Crippen molar-refractivity contribution < 1.29 is 23.9 Å². The molecule has 0 N–H and O–H groups in total. The van der Waals surface area contributed by atoms with E-state index in [0.717, 1.165) is 4.90 Å². The molecular formula is C13H13NO5. The Bertz CT molecular complexity index is 491. The first kappa shape index (κ1) is 13.1. The Balaban J connectivity index is 1.95. The summed E-state index contributed by atoms with van der Waals surface area (Å²) >= 11 is 0. The van der Waals surface area contributed by atoms with Crippen molar-refractivity contribution >= 4 is 18.0 Å². The fraction of sp³-hybridized carbons (Fsp3) is 0.308. The highest BCUT2D eigenvalue weighted by Crippen LogP contribution is 2.21. The number of fused-ring (bicyclic) bond motifs is 1. The largest absolute Gasteiger partial charge is 0.508 e. The topological polar surface area (TPSA) is 72.9 Å². The molecule has 0 aromatic heterocycles. The molecule has 1 aliphatic rings. The lowest BCUT2D eigenvalue weighted by Gasteiger charge is -2.13.